The largest absolute Gasteiger partial charge is 0.339 e. The molecule has 8 heteroatoms. The number of piperidine rings is 1. The van der Waals surface area contributed by atoms with Crippen LogP contribution in [0.4, 0.5) is 0 Å². The third-order valence-electron chi connectivity index (χ3n) is 9.38. The van der Waals surface area contributed by atoms with Crippen LogP contribution in [0.2, 0.25) is 0 Å². The Morgan fingerprint density at radius 1 is 0.771 bits per heavy atom. The molecule has 2 aliphatic heterocycles. The molecule has 190 valence electrons. The van der Waals surface area contributed by atoms with Crippen LogP contribution < -0.4 is 0 Å². The van der Waals surface area contributed by atoms with Crippen molar-refractivity contribution in [1.82, 2.24) is 14.1 Å². The molecule has 0 radical (unpaired) electrons. The maximum atomic E-state index is 13.7. The van der Waals surface area contributed by atoms with Gasteiger partial charge >= 0.3 is 0 Å². The van der Waals surface area contributed by atoms with Crippen LogP contribution in [0.25, 0.3) is 0 Å². The fraction of sp³-hybridized carbons (Fsp3) is 0.704. The average Bonchev–Trinajstić information content (AvgIpc) is 2.88. The van der Waals surface area contributed by atoms with Crippen LogP contribution >= 0.6 is 0 Å². The Kier molecular flexibility index (Phi) is 5.95. The summed E-state index contributed by atoms with van der Waals surface area (Å²) in [5, 5.41) is 0. The standard InChI is InChI=1S/C27H37N3O4S/c31-25(23-5-4-6-24(16-23)35(33,34)30-7-2-1-3-8-30)28-9-11-29(12-10-28)26(32)27-17-20-13-21(18-27)15-22(14-20)19-27/h4-6,16,20-22H,1-3,7-15,17-19H2. The van der Waals surface area contributed by atoms with Gasteiger partial charge in [-0.2, -0.15) is 4.31 Å². The van der Waals surface area contributed by atoms with E-state index in [0.29, 0.717) is 50.7 Å². The quantitative estimate of drug-likeness (QED) is 0.637. The van der Waals surface area contributed by atoms with Crippen LogP contribution in [0.5, 0.6) is 0 Å². The second-order valence-electron chi connectivity index (χ2n) is 11.8. The van der Waals surface area contributed by atoms with Gasteiger partial charge in [-0.25, -0.2) is 8.42 Å². The van der Waals surface area contributed by atoms with Gasteiger partial charge in [0, 0.05) is 44.8 Å². The first-order valence-electron chi connectivity index (χ1n) is 13.5. The minimum atomic E-state index is -3.58. The number of rotatable bonds is 4. The van der Waals surface area contributed by atoms with Crippen molar-refractivity contribution >= 4 is 21.8 Å². The molecule has 35 heavy (non-hydrogen) atoms. The Morgan fingerprint density at radius 2 is 1.34 bits per heavy atom. The lowest BCUT2D eigenvalue weighted by atomic mass is 9.49. The summed E-state index contributed by atoms with van der Waals surface area (Å²) in [5.74, 6) is 2.39. The highest BCUT2D eigenvalue weighted by atomic mass is 32.2. The summed E-state index contributed by atoms with van der Waals surface area (Å²) in [7, 11) is -3.58. The van der Waals surface area contributed by atoms with E-state index >= 15 is 0 Å². The number of piperazine rings is 1. The number of sulfonamides is 1. The highest BCUT2D eigenvalue weighted by Crippen LogP contribution is 2.60. The zero-order valence-electron chi connectivity index (χ0n) is 20.5. The van der Waals surface area contributed by atoms with Crippen LogP contribution in [-0.4, -0.2) is 73.6 Å². The molecule has 6 fully saturated rings. The summed E-state index contributed by atoms with van der Waals surface area (Å²) < 4.78 is 27.7. The summed E-state index contributed by atoms with van der Waals surface area (Å²) >= 11 is 0. The van der Waals surface area contributed by atoms with Gasteiger partial charge in [0.05, 0.1) is 10.3 Å². The first kappa shape index (κ1) is 23.5. The van der Waals surface area contributed by atoms with Crippen LogP contribution in [0.15, 0.2) is 29.2 Å². The van der Waals surface area contributed by atoms with Gasteiger partial charge in [0.15, 0.2) is 0 Å². The number of hydrogen-bond acceptors (Lipinski definition) is 4. The van der Waals surface area contributed by atoms with Crippen molar-refractivity contribution in [2.24, 2.45) is 23.2 Å². The van der Waals surface area contributed by atoms with Gasteiger partial charge in [0.2, 0.25) is 15.9 Å². The highest BCUT2D eigenvalue weighted by Gasteiger charge is 2.55. The second-order valence-corrected chi connectivity index (χ2v) is 13.7. The average molecular weight is 500 g/mol. The molecular weight excluding hydrogens is 462 g/mol. The predicted molar refractivity (Wildman–Crippen MR) is 132 cm³/mol. The second kappa shape index (κ2) is 8.87. The molecule has 1 aromatic carbocycles. The van der Waals surface area contributed by atoms with Gasteiger partial charge in [-0.1, -0.05) is 12.5 Å². The molecule has 0 N–H and O–H groups in total. The molecule has 0 atom stereocenters. The van der Waals surface area contributed by atoms with E-state index in [4.69, 9.17) is 0 Å². The van der Waals surface area contributed by atoms with E-state index in [-0.39, 0.29) is 16.2 Å². The van der Waals surface area contributed by atoms with Crippen molar-refractivity contribution in [3.63, 3.8) is 0 Å². The molecule has 4 aliphatic carbocycles. The van der Waals surface area contributed by atoms with E-state index in [1.54, 1.807) is 23.1 Å². The maximum Gasteiger partial charge on any atom is 0.254 e. The van der Waals surface area contributed by atoms with Crippen molar-refractivity contribution in [3.05, 3.63) is 29.8 Å². The molecule has 2 amide bonds. The molecule has 4 bridgehead atoms. The fourth-order valence-electron chi connectivity index (χ4n) is 8.05. The van der Waals surface area contributed by atoms with E-state index in [0.717, 1.165) is 56.3 Å². The van der Waals surface area contributed by atoms with E-state index in [2.05, 4.69) is 0 Å². The molecule has 0 unspecified atom stereocenters. The lowest BCUT2D eigenvalue weighted by Crippen LogP contribution is -2.58. The molecule has 0 aromatic heterocycles. The molecule has 6 aliphatic rings. The van der Waals surface area contributed by atoms with Gasteiger partial charge < -0.3 is 9.80 Å². The van der Waals surface area contributed by atoms with E-state index in [1.807, 2.05) is 4.90 Å². The van der Waals surface area contributed by atoms with Gasteiger partial charge in [-0.3, -0.25) is 9.59 Å². The lowest BCUT2D eigenvalue weighted by molar-refractivity contribution is -0.159. The SMILES string of the molecule is O=C(c1cccc(S(=O)(=O)N2CCCCC2)c1)N1CCN(C(=O)C23CC4CC(CC(C4)C2)C3)CC1. The van der Waals surface area contributed by atoms with Gasteiger partial charge in [-0.15, -0.1) is 0 Å². The lowest BCUT2D eigenvalue weighted by Gasteiger charge is -2.57. The number of carbonyl (C=O) groups excluding carboxylic acids is 2. The minimum Gasteiger partial charge on any atom is -0.339 e. The minimum absolute atomic E-state index is 0.141. The zero-order chi connectivity index (χ0) is 24.2. The first-order chi connectivity index (χ1) is 16.8. The molecule has 4 saturated carbocycles. The topological polar surface area (TPSA) is 78.0 Å². The number of amides is 2. The Bertz CT molecular complexity index is 1070. The van der Waals surface area contributed by atoms with Crippen LogP contribution in [-0.2, 0) is 14.8 Å². The number of hydrogen-bond donors (Lipinski definition) is 0. The summed E-state index contributed by atoms with van der Waals surface area (Å²) in [6.45, 7) is 3.22. The summed E-state index contributed by atoms with van der Waals surface area (Å²) in [4.78, 5) is 30.9. The molecule has 2 saturated heterocycles. The summed E-state index contributed by atoms with van der Waals surface area (Å²) in [6.07, 6.45) is 9.97. The third kappa shape index (κ3) is 4.20. The molecule has 1 aromatic rings. The van der Waals surface area contributed by atoms with Crippen LogP contribution in [0.3, 0.4) is 0 Å². The Balaban J connectivity index is 1.11. The van der Waals surface area contributed by atoms with E-state index in [1.165, 1.54) is 29.6 Å². The molecule has 7 nitrogen and oxygen atoms in total. The van der Waals surface area contributed by atoms with Gasteiger partial charge in [0.1, 0.15) is 0 Å². The summed E-state index contributed by atoms with van der Waals surface area (Å²) in [6, 6.07) is 6.48. The van der Waals surface area contributed by atoms with Crippen LogP contribution in [0.1, 0.15) is 68.1 Å². The normalized spacial score (nSPS) is 33.2. The van der Waals surface area contributed by atoms with Crippen molar-refractivity contribution in [2.75, 3.05) is 39.3 Å². The Labute approximate surface area is 208 Å². The summed E-state index contributed by atoms with van der Waals surface area (Å²) in [5.41, 5.74) is 0.266. The van der Waals surface area contributed by atoms with Gasteiger partial charge in [0.25, 0.3) is 5.91 Å². The Hall–Kier alpha value is -1.93. The number of nitrogens with zero attached hydrogens (tertiary/aromatic N) is 3. The maximum absolute atomic E-state index is 13.7. The van der Waals surface area contributed by atoms with Crippen molar-refractivity contribution in [2.45, 2.75) is 62.7 Å². The predicted octanol–water partition coefficient (Wildman–Crippen LogP) is 3.36. The molecular formula is C27H37N3O4S. The molecule has 7 rings (SSSR count). The molecule has 0 spiro atoms. The third-order valence-corrected chi connectivity index (χ3v) is 11.3. The highest BCUT2D eigenvalue weighted by molar-refractivity contribution is 7.89. The van der Waals surface area contributed by atoms with Gasteiger partial charge in [-0.05, 0) is 87.3 Å². The van der Waals surface area contributed by atoms with Crippen LogP contribution in [0, 0.1) is 23.2 Å². The van der Waals surface area contributed by atoms with Crippen molar-refractivity contribution < 1.29 is 18.0 Å². The number of benzene rings is 1. The smallest absolute Gasteiger partial charge is 0.254 e. The zero-order valence-corrected chi connectivity index (χ0v) is 21.3. The van der Waals surface area contributed by atoms with Crippen molar-refractivity contribution in [3.8, 4) is 0 Å². The van der Waals surface area contributed by atoms with Crippen molar-refractivity contribution in [1.29, 1.82) is 0 Å². The fourth-order valence-corrected chi connectivity index (χ4v) is 9.61. The van der Waals surface area contributed by atoms with E-state index in [9.17, 15) is 18.0 Å². The Morgan fingerprint density at radius 3 is 1.94 bits per heavy atom. The van der Waals surface area contributed by atoms with E-state index < -0.39 is 10.0 Å². The number of carbonyl (C=O) groups is 2. The monoisotopic (exact) mass is 499 g/mol. The molecule has 2 heterocycles. The first-order valence-corrected chi connectivity index (χ1v) is 15.0.